The van der Waals surface area contributed by atoms with Gasteiger partial charge in [-0.2, -0.15) is 0 Å². The molecule has 0 unspecified atom stereocenters. The van der Waals surface area contributed by atoms with Crippen LogP contribution in [0.3, 0.4) is 0 Å². The lowest BCUT2D eigenvalue weighted by atomic mass is 10.0. The first-order valence-corrected chi connectivity index (χ1v) is 7.65. The fraction of sp³-hybridized carbons (Fsp3) is 0.211. The van der Waals surface area contributed by atoms with Crippen molar-refractivity contribution in [3.8, 4) is 0 Å². The van der Waals surface area contributed by atoms with Crippen molar-refractivity contribution in [2.24, 2.45) is 0 Å². The fourth-order valence-corrected chi connectivity index (χ4v) is 2.37. The third kappa shape index (κ3) is 4.27. The molecule has 2 N–H and O–H groups in total. The molecule has 2 aromatic carbocycles. The molecule has 3 nitrogen and oxygen atoms in total. The number of halogens is 1. The molecule has 0 aromatic heterocycles. The molecule has 0 bridgehead atoms. The Hall–Kier alpha value is -2.46. The Morgan fingerprint density at radius 3 is 2.26 bits per heavy atom. The third-order valence-electron chi connectivity index (χ3n) is 3.87. The van der Waals surface area contributed by atoms with Crippen molar-refractivity contribution in [1.29, 1.82) is 0 Å². The van der Waals surface area contributed by atoms with Crippen LogP contribution in [0.2, 0.25) is 0 Å². The average Bonchev–Trinajstić information content (AvgIpc) is 3.37. The van der Waals surface area contributed by atoms with Crippen LogP contribution in [0.15, 0.2) is 48.5 Å². The molecule has 3 rings (SSSR count). The lowest BCUT2D eigenvalue weighted by Gasteiger charge is -2.10. The summed E-state index contributed by atoms with van der Waals surface area (Å²) < 4.78 is 13.1. The Bertz CT molecular complexity index is 716. The molecule has 0 saturated heterocycles. The van der Waals surface area contributed by atoms with Crippen molar-refractivity contribution in [2.75, 3.05) is 6.54 Å². The molecule has 4 heteroatoms. The van der Waals surface area contributed by atoms with E-state index in [4.69, 9.17) is 5.11 Å². The van der Waals surface area contributed by atoms with Crippen molar-refractivity contribution in [3.63, 3.8) is 0 Å². The van der Waals surface area contributed by atoms with E-state index in [1.54, 1.807) is 36.4 Å². The number of carboxylic acids is 1. The summed E-state index contributed by atoms with van der Waals surface area (Å²) in [5.74, 6) is -1.19. The van der Waals surface area contributed by atoms with Gasteiger partial charge in [0, 0.05) is 12.6 Å². The van der Waals surface area contributed by atoms with E-state index in [9.17, 15) is 9.18 Å². The first-order valence-electron chi connectivity index (χ1n) is 7.65. The summed E-state index contributed by atoms with van der Waals surface area (Å²) in [5.41, 5.74) is 3.20. The number of rotatable bonds is 6. The summed E-state index contributed by atoms with van der Waals surface area (Å²) in [5, 5.41) is 12.4. The second kappa shape index (κ2) is 6.75. The highest BCUT2D eigenvalue weighted by Gasteiger charge is 2.20. The molecule has 0 atom stereocenters. The molecule has 0 heterocycles. The lowest BCUT2D eigenvalue weighted by molar-refractivity contribution is 0.0697. The molecule has 1 fully saturated rings. The van der Waals surface area contributed by atoms with Crippen LogP contribution in [0.25, 0.3) is 11.6 Å². The van der Waals surface area contributed by atoms with Gasteiger partial charge in [0.25, 0.3) is 0 Å². The van der Waals surface area contributed by atoms with Crippen molar-refractivity contribution < 1.29 is 14.3 Å². The topological polar surface area (TPSA) is 49.3 Å². The minimum absolute atomic E-state index is 0.255. The van der Waals surface area contributed by atoms with Crippen molar-refractivity contribution in [1.82, 2.24) is 5.32 Å². The van der Waals surface area contributed by atoms with E-state index in [1.807, 2.05) is 6.08 Å². The summed E-state index contributed by atoms with van der Waals surface area (Å²) in [6.07, 6.45) is 4.41. The van der Waals surface area contributed by atoms with Gasteiger partial charge in [0.05, 0.1) is 5.56 Å². The van der Waals surface area contributed by atoms with E-state index in [1.165, 1.54) is 25.0 Å². The summed E-state index contributed by atoms with van der Waals surface area (Å²) in [7, 11) is 0. The van der Waals surface area contributed by atoms with Gasteiger partial charge in [-0.1, -0.05) is 24.3 Å². The highest BCUT2D eigenvalue weighted by molar-refractivity contribution is 5.88. The van der Waals surface area contributed by atoms with Crippen molar-refractivity contribution >= 4 is 17.6 Å². The zero-order valence-electron chi connectivity index (χ0n) is 12.6. The predicted octanol–water partition coefficient (Wildman–Crippen LogP) is 3.82. The van der Waals surface area contributed by atoms with Gasteiger partial charge in [0.15, 0.2) is 0 Å². The molecular formula is C19H18FNO2. The number of hydrogen-bond donors (Lipinski definition) is 2. The zero-order chi connectivity index (χ0) is 16.2. The highest BCUT2D eigenvalue weighted by Crippen LogP contribution is 2.23. The standard InChI is InChI=1S/C19H18FNO2/c20-17-7-5-14(6-8-17)16(12-21-18-9-10-18)11-13-1-3-15(4-2-13)19(22)23/h1-8,11,18,21H,9-10,12H2,(H,22,23)/b16-11+. The number of benzene rings is 2. The van der Waals surface area contributed by atoms with Crippen LogP contribution in [-0.2, 0) is 0 Å². The zero-order valence-corrected chi connectivity index (χ0v) is 12.6. The van der Waals surface area contributed by atoms with Crippen LogP contribution < -0.4 is 5.32 Å². The summed E-state index contributed by atoms with van der Waals surface area (Å²) >= 11 is 0. The Labute approximate surface area is 134 Å². The van der Waals surface area contributed by atoms with Crippen LogP contribution in [0.4, 0.5) is 4.39 Å². The van der Waals surface area contributed by atoms with E-state index in [2.05, 4.69) is 5.32 Å². The molecule has 118 valence electrons. The maximum atomic E-state index is 13.1. The van der Waals surface area contributed by atoms with Crippen LogP contribution >= 0.6 is 0 Å². The summed E-state index contributed by atoms with van der Waals surface area (Å²) in [4.78, 5) is 10.9. The number of nitrogens with one attached hydrogen (secondary N) is 1. The monoisotopic (exact) mass is 311 g/mol. The first kappa shape index (κ1) is 15.4. The molecule has 0 amide bonds. The lowest BCUT2D eigenvalue weighted by Crippen LogP contribution is -2.18. The number of hydrogen-bond acceptors (Lipinski definition) is 2. The minimum Gasteiger partial charge on any atom is -0.478 e. The van der Waals surface area contributed by atoms with Gasteiger partial charge in [-0.15, -0.1) is 0 Å². The molecule has 1 aliphatic carbocycles. The summed E-state index contributed by atoms with van der Waals surface area (Å²) in [6.45, 7) is 0.705. The van der Waals surface area contributed by atoms with Crippen molar-refractivity contribution in [2.45, 2.75) is 18.9 Å². The third-order valence-corrected chi connectivity index (χ3v) is 3.87. The van der Waals surface area contributed by atoms with Gasteiger partial charge in [0.1, 0.15) is 5.82 Å². The van der Waals surface area contributed by atoms with Gasteiger partial charge in [-0.05, 0) is 59.9 Å². The first-order chi connectivity index (χ1) is 11.1. The van der Waals surface area contributed by atoms with Gasteiger partial charge >= 0.3 is 5.97 Å². The molecule has 0 aliphatic heterocycles. The molecule has 0 radical (unpaired) electrons. The van der Waals surface area contributed by atoms with E-state index in [0.29, 0.717) is 12.6 Å². The Kier molecular flexibility index (Phi) is 4.53. The molecular weight excluding hydrogens is 293 g/mol. The minimum atomic E-state index is -0.935. The maximum absolute atomic E-state index is 13.1. The number of carboxylic acid groups (broad SMARTS) is 1. The highest BCUT2D eigenvalue weighted by atomic mass is 19.1. The number of carbonyl (C=O) groups is 1. The van der Waals surface area contributed by atoms with E-state index in [0.717, 1.165) is 16.7 Å². The van der Waals surface area contributed by atoms with Crippen molar-refractivity contribution in [3.05, 3.63) is 71.0 Å². The quantitative estimate of drug-likeness (QED) is 0.797. The molecule has 2 aromatic rings. The number of aromatic carboxylic acids is 1. The predicted molar refractivity (Wildman–Crippen MR) is 88.7 cm³/mol. The van der Waals surface area contributed by atoms with Gasteiger partial charge in [-0.25, -0.2) is 9.18 Å². The maximum Gasteiger partial charge on any atom is 0.335 e. The summed E-state index contributed by atoms with van der Waals surface area (Å²) in [6, 6.07) is 13.8. The van der Waals surface area contributed by atoms with Crippen LogP contribution in [0, 0.1) is 5.82 Å². The molecule has 0 spiro atoms. The van der Waals surface area contributed by atoms with Crippen LogP contribution in [0.5, 0.6) is 0 Å². The molecule has 1 saturated carbocycles. The Morgan fingerprint density at radius 2 is 1.70 bits per heavy atom. The van der Waals surface area contributed by atoms with E-state index < -0.39 is 5.97 Å². The molecule has 1 aliphatic rings. The smallest absolute Gasteiger partial charge is 0.335 e. The Balaban J connectivity index is 1.85. The van der Waals surface area contributed by atoms with Gasteiger partial charge in [0.2, 0.25) is 0 Å². The van der Waals surface area contributed by atoms with Gasteiger partial charge in [-0.3, -0.25) is 0 Å². The van der Waals surface area contributed by atoms with Gasteiger partial charge < -0.3 is 10.4 Å². The molecule has 23 heavy (non-hydrogen) atoms. The van der Waals surface area contributed by atoms with E-state index in [-0.39, 0.29) is 11.4 Å². The van der Waals surface area contributed by atoms with Crippen LogP contribution in [0.1, 0.15) is 34.3 Å². The fourth-order valence-electron chi connectivity index (χ4n) is 2.37. The Morgan fingerprint density at radius 1 is 1.09 bits per heavy atom. The normalized spacial score (nSPS) is 14.7. The largest absolute Gasteiger partial charge is 0.478 e. The second-order valence-corrected chi connectivity index (χ2v) is 5.76. The van der Waals surface area contributed by atoms with Crippen LogP contribution in [-0.4, -0.2) is 23.7 Å². The van der Waals surface area contributed by atoms with E-state index >= 15 is 0 Å². The SMILES string of the molecule is O=C(O)c1ccc(/C=C(\CNC2CC2)c2ccc(F)cc2)cc1. The second-order valence-electron chi connectivity index (χ2n) is 5.76. The average molecular weight is 311 g/mol.